The van der Waals surface area contributed by atoms with Gasteiger partial charge in [0.2, 0.25) is 11.8 Å². The Morgan fingerprint density at radius 2 is 1.42 bits per heavy atom. The van der Waals surface area contributed by atoms with Crippen LogP contribution in [0.1, 0.15) is 61.2 Å². The van der Waals surface area contributed by atoms with E-state index in [-0.39, 0.29) is 30.6 Å². The van der Waals surface area contributed by atoms with Crippen molar-refractivity contribution in [3.8, 4) is 0 Å². The van der Waals surface area contributed by atoms with Crippen LogP contribution < -0.4 is 16.4 Å². The first-order chi connectivity index (χ1) is 22.0. The van der Waals surface area contributed by atoms with Gasteiger partial charge in [0.15, 0.2) is 6.29 Å². The maximum absolute atomic E-state index is 12.6. The van der Waals surface area contributed by atoms with Crippen molar-refractivity contribution >= 4 is 40.6 Å². The van der Waals surface area contributed by atoms with Gasteiger partial charge in [0.1, 0.15) is 0 Å². The summed E-state index contributed by atoms with van der Waals surface area (Å²) in [6.07, 6.45) is 1.76. The van der Waals surface area contributed by atoms with Crippen LogP contribution in [0.15, 0.2) is 108 Å². The van der Waals surface area contributed by atoms with Gasteiger partial charge in [-0.2, -0.15) is 0 Å². The van der Waals surface area contributed by atoms with Gasteiger partial charge < -0.3 is 30.9 Å². The molecule has 5 rings (SSSR count). The molecule has 0 aliphatic carbocycles. The number of carbonyl (C=O) groups is 2. The summed E-state index contributed by atoms with van der Waals surface area (Å²) in [6, 6.07) is 32.8. The second kappa shape index (κ2) is 16.2. The summed E-state index contributed by atoms with van der Waals surface area (Å²) in [4.78, 5) is 26.0. The summed E-state index contributed by atoms with van der Waals surface area (Å²) in [7, 11) is 0. The third-order valence-corrected chi connectivity index (χ3v) is 8.70. The topological polar surface area (TPSA) is 123 Å². The first-order valence-electron chi connectivity index (χ1n) is 15.2. The number of nitrogens with one attached hydrogen (secondary N) is 2. The van der Waals surface area contributed by atoms with Crippen LogP contribution in [0.4, 0.5) is 17.1 Å². The number of anilines is 3. The number of hydrogen-bond acceptors (Lipinski definition) is 7. The van der Waals surface area contributed by atoms with Crippen LogP contribution in [0.5, 0.6) is 0 Å². The Bertz CT molecular complexity index is 1530. The summed E-state index contributed by atoms with van der Waals surface area (Å²) < 4.78 is 12.9. The Labute approximate surface area is 268 Å². The first kappa shape index (κ1) is 32.2. The molecule has 234 valence electrons. The van der Waals surface area contributed by atoms with E-state index in [4.69, 9.17) is 15.2 Å². The van der Waals surface area contributed by atoms with Crippen molar-refractivity contribution in [1.29, 1.82) is 0 Å². The normalized spacial score (nSPS) is 17.8. The van der Waals surface area contributed by atoms with Gasteiger partial charge in [-0.1, -0.05) is 66.7 Å². The molecular formula is C36H39N3O5S. The van der Waals surface area contributed by atoms with Gasteiger partial charge in [-0.15, -0.1) is 11.8 Å². The molecule has 2 amide bonds. The Morgan fingerprint density at radius 3 is 2.11 bits per heavy atom. The van der Waals surface area contributed by atoms with Gasteiger partial charge >= 0.3 is 0 Å². The third kappa shape index (κ3) is 9.67. The SMILES string of the molecule is Nc1ccccc1NC(=O)CCCCC(=O)Nc1ccc(C2OC(CSc3ccccc3)CC(c3ccc(CO)cc3)O2)cc1. The van der Waals surface area contributed by atoms with Gasteiger partial charge in [0.05, 0.1) is 30.2 Å². The van der Waals surface area contributed by atoms with Gasteiger partial charge in [0, 0.05) is 41.2 Å². The minimum absolute atomic E-state index is 0.00138. The fourth-order valence-electron chi connectivity index (χ4n) is 5.07. The number of para-hydroxylation sites is 2. The molecule has 3 unspecified atom stereocenters. The lowest BCUT2D eigenvalue weighted by Crippen LogP contribution is -2.31. The molecule has 1 aliphatic heterocycles. The molecule has 3 atom stereocenters. The smallest absolute Gasteiger partial charge is 0.224 e. The standard InChI is InChI=1S/C36H39N3O5S/c37-31-10-4-5-11-32(31)39-35(42)13-7-6-12-34(41)38-28-20-18-27(19-21-28)36-43-29(24-45-30-8-2-1-3-9-30)22-33(44-36)26-16-14-25(23-40)15-17-26/h1-5,8-11,14-21,29,33,36,40H,6-7,12-13,22-24,37H2,(H,38,41)(H,39,42). The van der Waals surface area contributed by atoms with Crippen LogP contribution in [0, 0.1) is 0 Å². The van der Waals surface area contributed by atoms with Crippen molar-refractivity contribution in [3.05, 3.63) is 120 Å². The molecule has 5 N–H and O–H groups in total. The number of nitrogen functional groups attached to an aromatic ring is 1. The number of carbonyl (C=O) groups excluding carboxylic acids is 2. The molecular weight excluding hydrogens is 586 g/mol. The molecule has 8 nitrogen and oxygen atoms in total. The van der Waals surface area contributed by atoms with Gasteiger partial charge in [0.25, 0.3) is 0 Å². The van der Waals surface area contributed by atoms with E-state index in [1.807, 2.05) is 78.9 Å². The first-order valence-corrected chi connectivity index (χ1v) is 16.2. The number of nitrogens with two attached hydrogens (primary N) is 1. The fourth-order valence-corrected chi connectivity index (χ4v) is 6.01. The lowest BCUT2D eigenvalue weighted by Gasteiger charge is -2.36. The van der Waals surface area contributed by atoms with Crippen LogP contribution in [0.2, 0.25) is 0 Å². The molecule has 4 aromatic rings. The molecule has 0 spiro atoms. The number of unbranched alkanes of at least 4 members (excludes halogenated alkanes) is 1. The monoisotopic (exact) mass is 625 g/mol. The summed E-state index contributed by atoms with van der Waals surface area (Å²) in [5.41, 5.74) is 10.4. The highest BCUT2D eigenvalue weighted by atomic mass is 32.2. The molecule has 0 saturated carbocycles. The van der Waals surface area contributed by atoms with Gasteiger partial charge in [-0.05, 0) is 60.4 Å². The van der Waals surface area contributed by atoms with E-state index in [1.54, 1.807) is 23.9 Å². The predicted octanol–water partition coefficient (Wildman–Crippen LogP) is 7.24. The summed E-state index contributed by atoms with van der Waals surface area (Å²) in [6.45, 7) is -0.00138. The molecule has 1 heterocycles. The Balaban J connectivity index is 1.13. The zero-order valence-electron chi connectivity index (χ0n) is 25.1. The lowest BCUT2D eigenvalue weighted by atomic mass is 10.0. The molecule has 4 aromatic carbocycles. The number of ether oxygens (including phenoxy) is 2. The fraction of sp³-hybridized carbons (Fsp3) is 0.278. The maximum atomic E-state index is 12.6. The number of thioether (sulfide) groups is 1. The average molecular weight is 626 g/mol. The van der Waals surface area contributed by atoms with Crippen molar-refractivity contribution < 1.29 is 24.2 Å². The molecule has 0 bridgehead atoms. The van der Waals surface area contributed by atoms with Crippen molar-refractivity contribution in [1.82, 2.24) is 0 Å². The highest BCUT2D eigenvalue weighted by molar-refractivity contribution is 7.99. The number of aliphatic hydroxyl groups excluding tert-OH is 1. The van der Waals surface area contributed by atoms with E-state index in [9.17, 15) is 14.7 Å². The lowest BCUT2D eigenvalue weighted by molar-refractivity contribution is -0.245. The molecule has 1 fully saturated rings. The van der Waals surface area contributed by atoms with Gasteiger partial charge in [-0.3, -0.25) is 9.59 Å². The van der Waals surface area contributed by atoms with Crippen LogP contribution in [0.3, 0.4) is 0 Å². The van der Waals surface area contributed by atoms with E-state index in [2.05, 4.69) is 22.8 Å². The van der Waals surface area contributed by atoms with Crippen LogP contribution in [-0.2, 0) is 25.7 Å². The quantitative estimate of drug-likeness (QED) is 0.0702. The number of amides is 2. The van der Waals surface area contributed by atoms with Crippen LogP contribution in [-0.4, -0.2) is 28.8 Å². The Kier molecular flexibility index (Phi) is 11.6. The third-order valence-electron chi connectivity index (χ3n) is 7.55. The maximum Gasteiger partial charge on any atom is 0.224 e. The largest absolute Gasteiger partial charge is 0.397 e. The highest BCUT2D eigenvalue weighted by Crippen LogP contribution is 2.39. The number of benzene rings is 4. The number of hydrogen-bond donors (Lipinski definition) is 4. The van der Waals surface area contributed by atoms with Gasteiger partial charge in [-0.25, -0.2) is 0 Å². The molecule has 0 radical (unpaired) electrons. The number of rotatable bonds is 13. The van der Waals surface area contributed by atoms with E-state index in [0.29, 0.717) is 49.2 Å². The minimum Gasteiger partial charge on any atom is -0.397 e. The van der Waals surface area contributed by atoms with E-state index in [1.165, 1.54) is 4.90 Å². The predicted molar refractivity (Wildman–Crippen MR) is 179 cm³/mol. The minimum atomic E-state index is -0.565. The summed E-state index contributed by atoms with van der Waals surface area (Å²) in [5.74, 6) is 0.553. The summed E-state index contributed by atoms with van der Waals surface area (Å²) >= 11 is 1.76. The zero-order valence-corrected chi connectivity index (χ0v) is 25.9. The molecule has 1 saturated heterocycles. The Hall–Kier alpha value is -4.15. The number of aliphatic hydroxyl groups is 1. The highest BCUT2D eigenvalue weighted by Gasteiger charge is 2.32. The molecule has 1 aliphatic rings. The van der Waals surface area contributed by atoms with Crippen molar-refractivity contribution in [2.75, 3.05) is 22.1 Å². The van der Waals surface area contributed by atoms with Crippen molar-refractivity contribution in [2.45, 2.75) is 62.1 Å². The van der Waals surface area contributed by atoms with Crippen LogP contribution in [0.25, 0.3) is 0 Å². The van der Waals surface area contributed by atoms with E-state index in [0.717, 1.165) is 22.4 Å². The average Bonchev–Trinajstić information content (AvgIpc) is 3.07. The summed E-state index contributed by atoms with van der Waals surface area (Å²) in [5, 5.41) is 15.2. The van der Waals surface area contributed by atoms with Crippen molar-refractivity contribution in [2.24, 2.45) is 0 Å². The Morgan fingerprint density at radius 1 is 0.778 bits per heavy atom. The second-order valence-corrected chi connectivity index (χ2v) is 12.1. The van der Waals surface area contributed by atoms with Crippen LogP contribution >= 0.6 is 11.8 Å². The second-order valence-electron chi connectivity index (χ2n) is 11.0. The zero-order chi connectivity index (χ0) is 31.4. The van der Waals surface area contributed by atoms with E-state index >= 15 is 0 Å². The molecule has 0 aromatic heterocycles. The molecule has 45 heavy (non-hydrogen) atoms. The molecule has 9 heteroatoms. The van der Waals surface area contributed by atoms with Crippen molar-refractivity contribution in [3.63, 3.8) is 0 Å². The van der Waals surface area contributed by atoms with E-state index < -0.39 is 6.29 Å².